The van der Waals surface area contributed by atoms with Crippen molar-refractivity contribution in [2.45, 2.75) is 118 Å². The minimum atomic E-state index is -1.34. The number of ether oxygens (including phenoxy) is 4. The molecule has 10 atom stereocenters. The van der Waals surface area contributed by atoms with Gasteiger partial charge in [-0.1, -0.05) is 63.6 Å². The number of carbonyl (C=O) groups excluding carboxylic acids is 3. The molecule has 9 nitrogen and oxygen atoms in total. The highest BCUT2D eigenvalue weighted by molar-refractivity contribution is 5.96. The van der Waals surface area contributed by atoms with Crippen molar-refractivity contribution in [2.24, 2.45) is 50.2 Å². The maximum Gasteiger partial charge on any atom is 0.313 e. The summed E-state index contributed by atoms with van der Waals surface area (Å²) < 4.78 is 22.3. The van der Waals surface area contributed by atoms with Crippen LogP contribution in [0.2, 0.25) is 0 Å². The van der Waals surface area contributed by atoms with Crippen molar-refractivity contribution in [3.05, 3.63) is 47.5 Å². The van der Waals surface area contributed by atoms with E-state index in [1.54, 1.807) is 14.0 Å². The molecule has 286 valence electrons. The number of carboxylic acid groups (broad SMARTS) is 1. The number of carboxylic acids is 1. The maximum absolute atomic E-state index is 14.8. The van der Waals surface area contributed by atoms with Crippen LogP contribution in [0.15, 0.2) is 42.0 Å². The molecule has 0 unspecified atom stereocenters. The quantitative estimate of drug-likeness (QED) is 0.181. The second-order valence-corrected chi connectivity index (χ2v) is 18.3. The summed E-state index contributed by atoms with van der Waals surface area (Å²) in [6.07, 6.45) is 7.74. The zero-order valence-electron chi connectivity index (χ0n) is 32.4. The minimum Gasteiger partial charge on any atom is -0.481 e. The lowest BCUT2D eigenvalue weighted by molar-refractivity contribution is -0.221. The first-order chi connectivity index (χ1) is 24.5. The van der Waals surface area contributed by atoms with Gasteiger partial charge in [-0.15, -0.1) is 0 Å². The van der Waals surface area contributed by atoms with Crippen LogP contribution in [-0.4, -0.2) is 61.8 Å². The lowest BCUT2D eigenvalue weighted by Crippen LogP contribution is -2.68. The van der Waals surface area contributed by atoms with Crippen LogP contribution in [0.3, 0.4) is 0 Å². The Balaban J connectivity index is 1.26. The number of rotatable bonds is 11. The zero-order chi connectivity index (χ0) is 37.7. The molecule has 52 heavy (non-hydrogen) atoms. The van der Waals surface area contributed by atoms with Crippen molar-refractivity contribution < 1.29 is 43.2 Å². The summed E-state index contributed by atoms with van der Waals surface area (Å²) in [5.74, 6) is -2.20. The smallest absolute Gasteiger partial charge is 0.313 e. The molecule has 0 bridgehead atoms. The second-order valence-electron chi connectivity index (χ2n) is 18.3. The van der Waals surface area contributed by atoms with Gasteiger partial charge in [0.2, 0.25) is 0 Å². The van der Waals surface area contributed by atoms with Crippen LogP contribution in [-0.2, 0) is 44.7 Å². The molecule has 4 fully saturated rings. The van der Waals surface area contributed by atoms with Gasteiger partial charge in [-0.2, -0.15) is 0 Å². The first-order valence-electron chi connectivity index (χ1n) is 19.5. The Morgan fingerprint density at radius 2 is 1.58 bits per heavy atom. The first-order valence-corrected chi connectivity index (χ1v) is 19.5. The molecule has 9 heteroatoms. The van der Waals surface area contributed by atoms with Gasteiger partial charge in [-0.05, 0) is 117 Å². The molecule has 0 amide bonds. The average molecular weight is 721 g/mol. The molecule has 1 aromatic rings. The number of hydrogen-bond donors (Lipinski definition) is 1. The van der Waals surface area contributed by atoms with Crippen LogP contribution in [0, 0.1) is 50.2 Å². The van der Waals surface area contributed by atoms with Crippen molar-refractivity contribution in [1.29, 1.82) is 0 Å². The molecule has 0 aromatic heterocycles. The predicted molar refractivity (Wildman–Crippen MR) is 195 cm³/mol. The van der Waals surface area contributed by atoms with E-state index >= 15 is 0 Å². The van der Waals surface area contributed by atoms with Gasteiger partial charge in [-0.25, -0.2) is 0 Å². The number of esters is 2. The predicted octanol–water partition coefficient (Wildman–Crippen LogP) is 7.74. The summed E-state index contributed by atoms with van der Waals surface area (Å²) in [7, 11) is 1.58. The van der Waals surface area contributed by atoms with E-state index in [2.05, 4.69) is 27.7 Å². The number of fused-ring (bicyclic) bond motifs is 7. The fourth-order valence-electron chi connectivity index (χ4n) is 12.0. The SMILES string of the molecule is COCCOCCC(=O)O[C@H]1CC[C@@]2(C)[C@@H](CC[C@]3(C)[C@@H]2C(=O)C=C2[C@@H]4C[C@@](C)(C(=O)OCc5ccccc5)CC[C@]4(C)CC[C@]23C)[C@]1(C)C(=O)O. The number of benzene rings is 1. The molecule has 5 aliphatic carbocycles. The zero-order valence-corrected chi connectivity index (χ0v) is 32.4. The van der Waals surface area contributed by atoms with Gasteiger partial charge in [-0.3, -0.25) is 19.2 Å². The summed E-state index contributed by atoms with van der Waals surface area (Å²) in [5, 5.41) is 10.9. The fraction of sp³-hybridized carbons (Fsp3) is 0.721. The summed E-state index contributed by atoms with van der Waals surface area (Å²) >= 11 is 0. The molecule has 0 aliphatic heterocycles. The lowest BCUT2D eigenvalue weighted by Gasteiger charge is -2.70. The molecule has 0 saturated heterocycles. The summed E-state index contributed by atoms with van der Waals surface area (Å²) in [4.78, 5) is 54.8. The molecule has 5 aliphatic rings. The van der Waals surface area contributed by atoms with Crippen molar-refractivity contribution in [1.82, 2.24) is 0 Å². The molecular weight excluding hydrogens is 660 g/mol. The summed E-state index contributed by atoms with van der Waals surface area (Å²) in [6.45, 7) is 14.1. The maximum atomic E-state index is 14.8. The number of carbonyl (C=O) groups is 4. The Hall–Kier alpha value is -3.04. The van der Waals surface area contributed by atoms with Gasteiger partial charge in [0, 0.05) is 13.0 Å². The average Bonchev–Trinajstić information content (AvgIpc) is 3.10. The summed E-state index contributed by atoms with van der Waals surface area (Å²) in [5.41, 5.74) is -1.16. The van der Waals surface area contributed by atoms with E-state index in [-0.39, 0.29) is 60.0 Å². The normalized spacial score (nSPS) is 41.0. The number of methoxy groups -OCH3 is 1. The van der Waals surface area contributed by atoms with Crippen LogP contribution in [0.4, 0.5) is 0 Å². The molecular formula is C43H60O9. The third kappa shape index (κ3) is 6.15. The molecule has 0 heterocycles. The van der Waals surface area contributed by atoms with E-state index in [9.17, 15) is 24.3 Å². The van der Waals surface area contributed by atoms with Crippen molar-refractivity contribution in [2.75, 3.05) is 26.9 Å². The topological polar surface area (TPSA) is 125 Å². The highest BCUT2D eigenvalue weighted by atomic mass is 16.6. The minimum absolute atomic E-state index is 0.0201. The van der Waals surface area contributed by atoms with Gasteiger partial charge in [0.05, 0.1) is 31.7 Å². The van der Waals surface area contributed by atoms with Crippen molar-refractivity contribution in [3.8, 4) is 0 Å². The summed E-state index contributed by atoms with van der Waals surface area (Å²) in [6, 6.07) is 9.76. The Morgan fingerprint density at radius 1 is 0.865 bits per heavy atom. The van der Waals surface area contributed by atoms with Crippen LogP contribution in [0.1, 0.15) is 111 Å². The molecule has 0 radical (unpaired) electrons. The number of aliphatic carboxylic acids is 1. The largest absolute Gasteiger partial charge is 0.481 e. The molecule has 1 N–H and O–H groups in total. The van der Waals surface area contributed by atoms with Gasteiger partial charge >= 0.3 is 17.9 Å². The Bertz CT molecular complexity index is 1590. The highest BCUT2D eigenvalue weighted by Gasteiger charge is 2.72. The van der Waals surface area contributed by atoms with Gasteiger partial charge in [0.1, 0.15) is 18.1 Å². The van der Waals surface area contributed by atoms with E-state index in [1.165, 1.54) is 5.57 Å². The number of ketones is 1. The second kappa shape index (κ2) is 14.0. The van der Waals surface area contributed by atoms with E-state index in [0.717, 1.165) is 31.2 Å². The van der Waals surface area contributed by atoms with Crippen LogP contribution >= 0.6 is 0 Å². The Kier molecular flexibility index (Phi) is 10.4. The third-order valence-corrected chi connectivity index (χ3v) is 15.5. The molecule has 4 saturated carbocycles. The fourth-order valence-corrected chi connectivity index (χ4v) is 12.0. The van der Waals surface area contributed by atoms with E-state index in [4.69, 9.17) is 18.9 Å². The van der Waals surface area contributed by atoms with Gasteiger partial charge in [0.15, 0.2) is 5.78 Å². The Morgan fingerprint density at radius 3 is 2.27 bits per heavy atom. The highest BCUT2D eigenvalue weighted by Crippen LogP contribution is 2.75. The van der Waals surface area contributed by atoms with Crippen LogP contribution in [0.5, 0.6) is 0 Å². The van der Waals surface area contributed by atoms with Gasteiger partial charge < -0.3 is 24.1 Å². The third-order valence-electron chi connectivity index (χ3n) is 15.5. The van der Waals surface area contributed by atoms with E-state index in [1.807, 2.05) is 43.3 Å². The van der Waals surface area contributed by atoms with Gasteiger partial charge in [0.25, 0.3) is 0 Å². The lowest BCUT2D eigenvalue weighted by atomic mass is 9.33. The number of hydrogen-bond acceptors (Lipinski definition) is 8. The number of allylic oxidation sites excluding steroid dienone is 2. The first kappa shape index (κ1) is 38.7. The standard InChI is InChI=1S/C43H60O9/c1-38-18-19-39(2,37(48)51-27-28-11-9-8-10-12-28)26-30(38)29-25-31(44)35-40(3)16-14-33(52-34(45)15-22-50-24-23-49-7)43(6,36(46)47)32(40)13-17-42(35,5)41(29,4)21-20-38/h8-12,25,30,32-33,35H,13-24,26-27H2,1-7H3,(H,46,47)/t30-,32+,33-,35+,38+,39-,40-,41+,42+,43-/m0/s1. The van der Waals surface area contributed by atoms with Crippen LogP contribution < -0.4 is 0 Å². The molecule has 1 aromatic carbocycles. The van der Waals surface area contributed by atoms with E-state index in [0.29, 0.717) is 45.3 Å². The van der Waals surface area contributed by atoms with Crippen molar-refractivity contribution >= 4 is 23.7 Å². The monoisotopic (exact) mass is 720 g/mol. The van der Waals surface area contributed by atoms with E-state index < -0.39 is 39.7 Å². The van der Waals surface area contributed by atoms with Crippen LogP contribution in [0.25, 0.3) is 0 Å². The van der Waals surface area contributed by atoms with Crippen molar-refractivity contribution in [3.63, 3.8) is 0 Å². The Labute approximate surface area is 309 Å². The molecule has 0 spiro atoms. The molecule has 6 rings (SSSR count).